The summed E-state index contributed by atoms with van der Waals surface area (Å²) in [5.41, 5.74) is 7.18. The summed E-state index contributed by atoms with van der Waals surface area (Å²) >= 11 is 3.36. The molecule has 0 spiro atoms. The number of carboxylic acid groups (broad SMARTS) is 2. The van der Waals surface area contributed by atoms with E-state index in [1.807, 2.05) is 0 Å². The van der Waals surface area contributed by atoms with Gasteiger partial charge in [-0.05, 0) is 34.9 Å². The Morgan fingerprint density at radius 1 is 1.12 bits per heavy atom. The monoisotopic (exact) mass is 739 g/mol. The highest BCUT2D eigenvalue weighted by Gasteiger charge is 2.54. The molecule has 50 heavy (non-hydrogen) atoms. The minimum Gasteiger partial charge on any atom is -0.504 e. The van der Waals surface area contributed by atoms with Gasteiger partial charge in [-0.2, -0.15) is 0 Å². The summed E-state index contributed by atoms with van der Waals surface area (Å²) in [4.78, 5) is 61.1. The van der Waals surface area contributed by atoms with Crippen LogP contribution in [0, 0.1) is 0 Å². The standard InChI is InChI=1S/C30H25N7O10S3/c31-29-32-17(12-49-29)21(36-46-9-15-4-2-1-3-13(15)8-20(40)41)24(42)33-22-26(43)37-23(28(44)45)16(10-48-27(22)37)11-50-30-35-34-25(47-30)14-5-6-18(38)19(39)7-14/h1-7,12,22,27,38-39H,8-11H2,(H2,31,32)(H,33,42)(H,40,41)(H,44,45)/t22-,27-/m1/s1. The Labute approximate surface area is 293 Å². The highest BCUT2D eigenvalue weighted by Crippen LogP contribution is 2.42. The predicted octanol–water partition coefficient (Wildman–Crippen LogP) is 2.27. The van der Waals surface area contributed by atoms with Gasteiger partial charge in [0, 0.05) is 22.4 Å². The topological polar surface area (TPSA) is 264 Å². The molecule has 17 nitrogen and oxygen atoms in total. The zero-order valence-electron chi connectivity index (χ0n) is 25.4. The van der Waals surface area contributed by atoms with Crippen LogP contribution in [0.1, 0.15) is 16.8 Å². The summed E-state index contributed by atoms with van der Waals surface area (Å²) in [6.45, 7) is -0.159. The van der Waals surface area contributed by atoms with Crippen molar-refractivity contribution in [2.45, 2.75) is 29.7 Å². The third-order valence-corrected chi connectivity index (χ3v) is 10.3. The van der Waals surface area contributed by atoms with E-state index in [0.29, 0.717) is 22.3 Å². The van der Waals surface area contributed by atoms with Crippen LogP contribution < -0.4 is 11.1 Å². The molecule has 0 radical (unpaired) electrons. The van der Waals surface area contributed by atoms with Crippen LogP contribution in [0.5, 0.6) is 11.5 Å². The molecule has 0 saturated carbocycles. The number of nitrogens with one attached hydrogen (secondary N) is 1. The van der Waals surface area contributed by atoms with Gasteiger partial charge in [-0.15, -0.1) is 33.3 Å². The van der Waals surface area contributed by atoms with E-state index < -0.39 is 35.2 Å². The zero-order valence-corrected chi connectivity index (χ0v) is 27.8. The van der Waals surface area contributed by atoms with E-state index in [2.05, 4.69) is 25.7 Å². The van der Waals surface area contributed by atoms with Crippen LogP contribution >= 0.6 is 34.9 Å². The molecular formula is C30H25N7O10S3. The fourth-order valence-electron chi connectivity index (χ4n) is 4.99. The minimum absolute atomic E-state index is 0.0708. The number of anilines is 1. The average molecular weight is 740 g/mol. The van der Waals surface area contributed by atoms with Gasteiger partial charge in [-0.1, -0.05) is 41.2 Å². The first-order valence-corrected chi connectivity index (χ1v) is 17.3. The van der Waals surface area contributed by atoms with Gasteiger partial charge in [0.2, 0.25) is 5.89 Å². The first-order valence-electron chi connectivity index (χ1n) is 14.4. The predicted molar refractivity (Wildman–Crippen MR) is 179 cm³/mol. The number of carboxylic acids is 2. The summed E-state index contributed by atoms with van der Waals surface area (Å²) in [5, 5.41) is 54.0. The highest BCUT2D eigenvalue weighted by molar-refractivity contribution is 8.01. The van der Waals surface area contributed by atoms with E-state index in [1.54, 1.807) is 24.3 Å². The van der Waals surface area contributed by atoms with Gasteiger partial charge < -0.3 is 40.7 Å². The lowest BCUT2D eigenvalue weighted by Crippen LogP contribution is -2.71. The number of oxime groups is 1. The van der Waals surface area contributed by atoms with Gasteiger partial charge >= 0.3 is 11.9 Å². The van der Waals surface area contributed by atoms with E-state index in [0.717, 1.165) is 28.0 Å². The van der Waals surface area contributed by atoms with Crippen LogP contribution in [-0.4, -0.2) is 92.9 Å². The van der Waals surface area contributed by atoms with E-state index >= 15 is 0 Å². The molecule has 1 saturated heterocycles. The number of nitrogens with two attached hydrogens (primary N) is 1. The van der Waals surface area contributed by atoms with Crippen molar-refractivity contribution in [3.63, 3.8) is 0 Å². The zero-order chi connectivity index (χ0) is 35.5. The number of hydrogen-bond donors (Lipinski definition) is 6. The van der Waals surface area contributed by atoms with Crippen molar-refractivity contribution in [2.75, 3.05) is 17.2 Å². The lowest BCUT2D eigenvalue weighted by molar-refractivity contribution is -0.150. The van der Waals surface area contributed by atoms with Gasteiger partial charge in [0.15, 0.2) is 22.3 Å². The second-order valence-electron chi connectivity index (χ2n) is 10.6. The molecule has 2 amide bonds. The molecular weight excluding hydrogens is 715 g/mol. The number of phenolic OH excluding ortho intramolecular Hbond substituents is 2. The number of carbonyl (C=O) groups excluding carboxylic acids is 2. The summed E-state index contributed by atoms with van der Waals surface area (Å²) in [5.74, 6) is -4.12. The van der Waals surface area contributed by atoms with E-state index in [1.165, 1.54) is 35.3 Å². The Morgan fingerprint density at radius 3 is 2.60 bits per heavy atom. The van der Waals surface area contributed by atoms with Crippen LogP contribution in [0.4, 0.5) is 5.13 Å². The second kappa shape index (κ2) is 14.5. The molecule has 20 heteroatoms. The first-order chi connectivity index (χ1) is 24.0. The lowest BCUT2D eigenvalue weighted by Gasteiger charge is -2.49. The summed E-state index contributed by atoms with van der Waals surface area (Å²) < 4.78 is 5.62. The maximum Gasteiger partial charge on any atom is 0.352 e. The molecule has 4 heterocycles. The maximum absolute atomic E-state index is 13.5. The highest BCUT2D eigenvalue weighted by atomic mass is 32.2. The van der Waals surface area contributed by atoms with Gasteiger partial charge in [-0.3, -0.25) is 19.3 Å². The van der Waals surface area contributed by atoms with E-state index in [4.69, 9.17) is 15.0 Å². The van der Waals surface area contributed by atoms with Crippen LogP contribution in [0.15, 0.2) is 73.9 Å². The van der Waals surface area contributed by atoms with Crippen LogP contribution in [0.3, 0.4) is 0 Å². The molecule has 2 aliphatic heterocycles. The Kier molecular flexibility index (Phi) is 9.93. The van der Waals surface area contributed by atoms with Crippen molar-refractivity contribution in [3.05, 3.63) is 75.9 Å². The molecule has 7 N–H and O–H groups in total. The normalized spacial score (nSPS) is 17.2. The smallest absolute Gasteiger partial charge is 0.352 e. The van der Waals surface area contributed by atoms with Crippen molar-refractivity contribution < 1.29 is 48.9 Å². The number of phenols is 2. The molecule has 0 aliphatic carbocycles. The molecule has 0 bridgehead atoms. The number of amides is 2. The fourth-order valence-corrected chi connectivity index (χ4v) is 7.79. The summed E-state index contributed by atoms with van der Waals surface area (Å²) in [7, 11) is 0. The average Bonchev–Trinajstić information content (AvgIpc) is 3.74. The Bertz CT molecular complexity index is 2060. The Balaban J connectivity index is 1.14. The number of aromatic nitrogens is 3. The fraction of sp³-hybridized carbons (Fsp3) is 0.200. The molecule has 2 aromatic heterocycles. The van der Waals surface area contributed by atoms with Crippen molar-refractivity contribution in [1.29, 1.82) is 0 Å². The number of rotatable bonds is 13. The number of benzene rings is 2. The number of nitrogen functional groups attached to an aromatic ring is 1. The molecule has 2 atom stereocenters. The maximum atomic E-state index is 13.5. The van der Waals surface area contributed by atoms with Crippen molar-refractivity contribution in [1.82, 2.24) is 25.4 Å². The van der Waals surface area contributed by atoms with Gasteiger partial charge in [0.25, 0.3) is 17.0 Å². The van der Waals surface area contributed by atoms with E-state index in [-0.39, 0.29) is 69.4 Å². The third-order valence-electron chi connectivity index (χ3n) is 7.35. The minimum atomic E-state index is -1.33. The number of carbonyl (C=O) groups is 4. The van der Waals surface area contributed by atoms with Crippen LogP contribution in [0.2, 0.25) is 0 Å². The van der Waals surface area contributed by atoms with E-state index in [9.17, 15) is 39.6 Å². The number of hydrogen-bond acceptors (Lipinski definition) is 16. The number of thiazole rings is 1. The molecule has 1 fully saturated rings. The quantitative estimate of drug-likeness (QED) is 0.0378. The number of aliphatic carboxylic acids is 2. The van der Waals surface area contributed by atoms with Crippen molar-refractivity contribution in [3.8, 4) is 23.0 Å². The third kappa shape index (κ3) is 7.21. The lowest BCUT2D eigenvalue weighted by atomic mass is 10.0. The number of thioether (sulfide) groups is 2. The van der Waals surface area contributed by atoms with Crippen LogP contribution in [-0.2, 0) is 37.0 Å². The first kappa shape index (κ1) is 34.3. The molecule has 2 aliphatic rings. The molecule has 2 aromatic carbocycles. The molecule has 258 valence electrons. The molecule has 0 unspecified atom stereocenters. The molecule has 6 rings (SSSR count). The van der Waals surface area contributed by atoms with Gasteiger partial charge in [0.05, 0.1) is 6.42 Å². The molecule has 4 aromatic rings. The second-order valence-corrected chi connectivity index (χ2v) is 13.5. The van der Waals surface area contributed by atoms with Crippen LogP contribution in [0.25, 0.3) is 11.5 Å². The number of aromatic hydroxyl groups is 2. The van der Waals surface area contributed by atoms with Gasteiger partial charge in [0.1, 0.15) is 29.4 Å². The summed E-state index contributed by atoms with van der Waals surface area (Å²) in [6, 6.07) is 9.60. The van der Waals surface area contributed by atoms with Crippen molar-refractivity contribution >= 4 is 69.5 Å². The number of nitrogens with zero attached hydrogens (tertiary/aromatic N) is 5. The van der Waals surface area contributed by atoms with Gasteiger partial charge in [-0.25, -0.2) is 9.78 Å². The SMILES string of the molecule is Nc1nc(C(=NOCc2ccccc2CC(=O)O)C(=O)N[C@@H]2C(=O)N3C(C(=O)O)=C(CSc4nnc(-c5ccc(O)c(O)c5)o4)CS[C@H]23)cs1. The Hall–Kier alpha value is -5.60. The van der Waals surface area contributed by atoms with Crippen molar-refractivity contribution in [2.24, 2.45) is 5.16 Å². The Morgan fingerprint density at radius 2 is 1.90 bits per heavy atom. The number of β-lactam (4-membered cyclic amide) rings is 1. The number of fused-ring (bicyclic) bond motifs is 1. The largest absolute Gasteiger partial charge is 0.504 e. The summed E-state index contributed by atoms with van der Waals surface area (Å²) in [6.07, 6.45) is -0.239.